The van der Waals surface area contributed by atoms with E-state index in [1.165, 1.54) is 6.07 Å². The first-order valence-electron chi connectivity index (χ1n) is 7.39. The molecule has 0 unspecified atom stereocenters. The summed E-state index contributed by atoms with van der Waals surface area (Å²) in [6.45, 7) is 3.65. The minimum Gasteiger partial charge on any atom is -0.464 e. The van der Waals surface area contributed by atoms with Crippen LogP contribution in [0, 0.1) is 6.92 Å². The number of sulfonamides is 1. The van der Waals surface area contributed by atoms with E-state index in [-0.39, 0.29) is 11.5 Å². The number of hydrogen-bond donors (Lipinski definition) is 1. The molecule has 0 bridgehead atoms. The lowest BCUT2D eigenvalue weighted by atomic mass is 9.83. The van der Waals surface area contributed by atoms with E-state index in [4.69, 9.17) is 16.3 Å². The number of hydrogen-bond acceptors (Lipinski definition) is 4. The Balaban J connectivity index is 2.34. The van der Waals surface area contributed by atoms with E-state index in [1.807, 2.05) is 6.92 Å². The van der Waals surface area contributed by atoms with Crippen LogP contribution in [-0.4, -0.2) is 21.0 Å². The van der Waals surface area contributed by atoms with Gasteiger partial charge in [-0.1, -0.05) is 41.4 Å². The number of rotatable bonds is 3. The maximum Gasteiger partial charge on any atom is 0.336 e. The Morgan fingerprint density at radius 2 is 1.88 bits per heavy atom. The van der Waals surface area contributed by atoms with Crippen molar-refractivity contribution in [2.24, 2.45) is 0 Å². The lowest BCUT2D eigenvalue weighted by molar-refractivity contribution is -0.148. The molecule has 1 aliphatic rings. The molecular weight excluding hydrogens is 350 g/mol. The highest BCUT2D eigenvalue weighted by atomic mass is 35.5. The zero-order valence-electron chi connectivity index (χ0n) is 13.2. The van der Waals surface area contributed by atoms with Crippen molar-refractivity contribution in [1.29, 1.82) is 0 Å². The highest BCUT2D eigenvalue weighted by molar-refractivity contribution is 7.90. The molecule has 1 atom stereocenters. The summed E-state index contributed by atoms with van der Waals surface area (Å²) in [5.41, 5.74) is 0.0534. The van der Waals surface area contributed by atoms with Crippen molar-refractivity contribution in [1.82, 2.24) is 4.72 Å². The molecule has 0 saturated heterocycles. The molecule has 3 rings (SSSR count). The zero-order chi connectivity index (χ0) is 17.5. The summed E-state index contributed by atoms with van der Waals surface area (Å²) in [6.07, 6.45) is 0. The molecule has 0 saturated carbocycles. The lowest BCUT2D eigenvalue weighted by Gasteiger charge is -2.27. The summed E-state index contributed by atoms with van der Waals surface area (Å²) in [5, 5.41) is 0.489. The Bertz CT molecular complexity index is 909. The molecule has 0 spiro atoms. The van der Waals surface area contributed by atoms with Gasteiger partial charge in [0.2, 0.25) is 10.0 Å². The standard InChI is InChI=1S/C17H16ClNO4S/c1-3-23-16(20)17(12-5-7-13(18)8-6-12)14-10-11(2)4-9-15(14)24(21,22)19-17/h4-10,19H,3H2,1-2H3/t17-/m0/s1. The zero-order valence-corrected chi connectivity index (χ0v) is 14.7. The number of esters is 1. The van der Waals surface area contributed by atoms with Crippen LogP contribution in [0.15, 0.2) is 47.4 Å². The van der Waals surface area contributed by atoms with Crippen LogP contribution in [0.3, 0.4) is 0 Å². The normalized spacial score (nSPS) is 21.3. The summed E-state index contributed by atoms with van der Waals surface area (Å²) < 4.78 is 32.9. The summed E-state index contributed by atoms with van der Waals surface area (Å²) in [5.74, 6) is -0.666. The molecule has 1 N–H and O–H groups in total. The lowest BCUT2D eigenvalue weighted by Crippen LogP contribution is -2.48. The molecule has 24 heavy (non-hydrogen) atoms. The molecule has 2 aromatic carbocycles. The third kappa shape index (κ3) is 2.51. The fraction of sp³-hybridized carbons (Fsp3) is 0.235. The summed E-state index contributed by atoms with van der Waals surface area (Å²) in [6, 6.07) is 11.4. The van der Waals surface area contributed by atoms with Gasteiger partial charge in [0, 0.05) is 10.6 Å². The molecule has 0 aliphatic carbocycles. The van der Waals surface area contributed by atoms with Crippen molar-refractivity contribution in [2.75, 3.05) is 6.61 Å². The Hall–Kier alpha value is -1.89. The second-order valence-electron chi connectivity index (χ2n) is 5.58. The molecule has 0 amide bonds. The first-order chi connectivity index (χ1) is 11.3. The Morgan fingerprint density at radius 1 is 1.21 bits per heavy atom. The van der Waals surface area contributed by atoms with Crippen molar-refractivity contribution < 1.29 is 17.9 Å². The highest BCUT2D eigenvalue weighted by Gasteiger charge is 2.54. The number of ether oxygens (including phenoxy) is 1. The molecule has 0 radical (unpaired) electrons. The summed E-state index contributed by atoms with van der Waals surface area (Å²) in [7, 11) is -3.84. The quantitative estimate of drug-likeness (QED) is 0.849. The van der Waals surface area contributed by atoms with Crippen LogP contribution < -0.4 is 4.72 Å². The van der Waals surface area contributed by atoms with Crippen LogP contribution in [0.1, 0.15) is 23.6 Å². The number of fused-ring (bicyclic) bond motifs is 1. The molecule has 1 heterocycles. The van der Waals surface area contributed by atoms with Gasteiger partial charge in [-0.3, -0.25) is 0 Å². The average molecular weight is 366 g/mol. The van der Waals surface area contributed by atoms with E-state index in [2.05, 4.69) is 4.72 Å². The predicted octanol–water partition coefficient (Wildman–Crippen LogP) is 2.75. The Morgan fingerprint density at radius 3 is 2.50 bits per heavy atom. The SMILES string of the molecule is CCOC(=O)[C@@]1(c2ccc(Cl)cc2)NS(=O)(=O)c2ccc(C)cc21. The number of nitrogens with one attached hydrogen (secondary N) is 1. The smallest absolute Gasteiger partial charge is 0.336 e. The van der Waals surface area contributed by atoms with Crippen LogP contribution in [-0.2, 0) is 25.1 Å². The van der Waals surface area contributed by atoms with Crippen molar-refractivity contribution in [3.63, 3.8) is 0 Å². The van der Waals surface area contributed by atoms with Crippen LogP contribution in [0.2, 0.25) is 5.02 Å². The molecule has 0 fully saturated rings. The maximum atomic E-state index is 12.8. The van der Waals surface area contributed by atoms with Crippen molar-refractivity contribution in [3.05, 3.63) is 64.2 Å². The van der Waals surface area contributed by atoms with E-state index in [9.17, 15) is 13.2 Å². The topological polar surface area (TPSA) is 72.5 Å². The molecule has 1 aliphatic heterocycles. The molecule has 5 nitrogen and oxygen atoms in total. The van der Waals surface area contributed by atoms with Crippen LogP contribution in [0.25, 0.3) is 0 Å². The summed E-state index contributed by atoms with van der Waals surface area (Å²) >= 11 is 5.93. The van der Waals surface area contributed by atoms with Crippen molar-refractivity contribution >= 4 is 27.6 Å². The summed E-state index contributed by atoms with van der Waals surface area (Å²) in [4.78, 5) is 12.9. The van der Waals surface area contributed by atoms with Crippen molar-refractivity contribution in [2.45, 2.75) is 24.3 Å². The first-order valence-corrected chi connectivity index (χ1v) is 9.26. The van der Waals surface area contributed by atoms with Crippen LogP contribution in [0.5, 0.6) is 0 Å². The molecule has 126 valence electrons. The number of carbonyl (C=O) groups excluding carboxylic acids is 1. The number of benzene rings is 2. The van der Waals surface area contributed by atoms with Gasteiger partial charge < -0.3 is 4.74 Å². The van der Waals surface area contributed by atoms with Gasteiger partial charge in [0.25, 0.3) is 0 Å². The number of halogens is 1. The van der Waals surface area contributed by atoms with Crippen LogP contribution >= 0.6 is 11.6 Å². The second-order valence-corrected chi connectivity index (χ2v) is 7.67. The third-order valence-electron chi connectivity index (χ3n) is 3.97. The molecular formula is C17H16ClNO4S. The van der Waals surface area contributed by atoms with Gasteiger partial charge in [-0.25, -0.2) is 13.2 Å². The van der Waals surface area contributed by atoms with E-state index in [0.29, 0.717) is 16.1 Å². The van der Waals surface area contributed by atoms with E-state index in [1.54, 1.807) is 43.3 Å². The second kappa shape index (κ2) is 5.88. The maximum absolute atomic E-state index is 12.8. The Kier molecular flexibility index (Phi) is 4.15. The molecule has 2 aromatic rings. The third-order valence-corrected chi connectivity index (χ3v) is 5.74. The molecule has 7 heteroatoms. The van der Waals surface area contributed by atoms with Gasteiger partial charge in [-0.15, -0.1) is 0 Å². The first kappa shape index (κ1) is 17.0. The van der Waals surface area contributed by atoms with Crippen LogP contribution in [0.4, 0.5) is 0 Å². The highest BCUT2D eigenvalue weighted by Crippen LogP contribution is 2.42. The monoisotopic (exact) mass is 365 g/mol. The van der Waals surface area contributed by atoms with E-state index in [0.717, 1.165) is 5.56 Å². The van der Waals surface area contributed by atoms with Crippen molar-refractivity contribution in [3.8, 4) is 0 Å². The van der Waals surface area contributed by atoms with E-state index >= 15 is 0 Å². The predicted molar refractivity (Wildman–Crippen MR) is 90.4 cm³/mol. The van der Waals surface area contributed by atoms with E-state index < -0.39 is 21.5 Å². The van der Waals surface area contributed by atoms with Gasteiger partial charge in [0.05, 0.1) is 11.5 Å². The van der Waals surface area contributed by atoms with Gasteiger partial charge in [-0.2, -0.15) is 4.72 Å². The minimum atomic E-state index is -3.84. The fourth-order valence-corrected chi connectivity index (χ4v) is 4.60. The minimum absolute atomic E-state index is 0.0797. The largest absolute Gasteiger partial charge is 0.464 e. The molecule has 0 aromatic heterocycles. The fourth-order valence-electron chi connectivity index (χ4n) is 2.91. The van der Waals surface area contributed by atoms with Gasteiger partial charge in [0.15, 0.2) is 5.54 Å². The average Bonchev–Trinajstić information content (AvgIpc) is 2.76. The number of aryl methyl sites for hydroxylation is 1. The van der Waals surface area contributed by atoms with Gasteiger partial charge in [-0.05, 0) is 37.6 Å². The number of carbonyl (C=O) groups is 1. The Labute approximate surface area is 145 Å². The van der Waals surface area contributed by atoms with Gasteiger partial charge >= 0.3 is 5.97 Å². The van der Waals surface area contributed by atoms with Gasteiger partial charge in [0.1, 0.15) is 0 Å².